The number of rotatable bonds is 4. The molecule has 0 aliphatic rings. The van der Waals surface area contributed by atoms with Crippen molar-refractivity contribution in [1.29, 1.82) is 0 Å². The molecule has 0 fully saturated rings. The molecule has 0 amide bonds. The minimum Gasteiger partial charge on any atom is -0.468 e. The number of nitrogens with zero attached hydrogens (tertiary/aromatic N) is 2. The topological polar surface area (TPSA) is 61.2 Å². The summed E-state index contributed by atoms with van der Waals surface area (Å²) in [5.41, 5.74) is 0.305. The Labute approximate surface area is 114 Å². The van der Waals surface area contributed by atoms with Gasteiger partial charge in [-0.25, -0.2) is 9.37 Å². The molecule has 104 valence electrons. The van der Waals surface area contributed by atoms with Crippen LogP contribution in [0.2, 0.25) is 0 Å². The van der Waals surface area contributed by atoms with Gasteiger partial charge in [0.15, 0.2) is 5.78 Å². The number of methoxy groups -OCH3 is 1. The Hall–Kier alpha value is -2.50. The van der Waals surface area contributed by atoms with Crippen LogP contribution in [0.15, 0.2) is 35.1 Å². The van der Waals surface area contributed by atoms with Crippen molar-refractivity contribution in [3.63, 3.8) is 0 Å². The highest BCUT2D eigenvalue weighted by atomic mass is 19.1. The van der Waals surface area contributed by atoms with E-state index in [2.05, 4.69) is 4.98 Å². The molecule has 6 heteroatoms. The Balaban J connectivity index is 2.35. The summed E-state index contributed by atoms with van der Waals surface area (Å²) >= 11 is 0. The van der Waals surface area contributed by atoms with Crippen molar-refractivity contribution in [2.45, 2.75) is 13.5 Å². The van der Waals surface area contributed by atoms with Crippen LogP contribution >= 0.6 is 0 Å². The van der Waals surface area contributed by atoms with E-state index in [1.807, 2.05) is 0 Å². The molecule has 0 atom stereocenters. The van der Waals surface area contributed by atoms with Gasteiger partial charge in [-0.15, -0.1) is 0 Å². The lowest BCUT2D eigenvalue weighted by atomic mass is 10.1. The Morgan fingerprint density at radius 1 is 1.40 bits per heavy atom. The number of halogens is 1. The quantitative estimate of drug-likeness (QED) is 0.795. The van der Waals surface area contributed by atoms with Crippen molar-refractivity contribution in [2.24, 2.45) is 0 Å². The smallest absolute Gasteiger partial charge is 0.299 e. The summed E-state index contributed by atoms with van der Waals surface area (Å²) in [6.07, 6.45) is 0. The average Bonchev–Trinajstić information content (AvgIpc) is 2.41. The van der Waals surface area contributed by atoms with Gasteiger partial charge in [0.05, 0.1) is 13.7 Å². The average molecular weight is 276 g/mol. The fraction of sp³-hybridized carbons (Fsp3) is 0.214. The van der Waals surface area contributed by atoms with Gasteiger partial charge in [-0.2, -0.15) is 0 Å². The van der Waals surface area contributed by atoms with Crippen LogP contribution < -0.4 is 10.3 Å². The third-order valence-electron chi connectivity index (χ3n) is 2.73. The van der Waals surface area contributed by atoms with Crippen molar-refractivity contribution in [3.8, 4) is 6.01 Å². The van der Waals surface area contributed by atoms with Crippen LogP contribution in [0.5, 0.6) is 6.01 Å². The summed E-state index contributed by atoms with van der Waals surface area (Å²) in [5, 5.41) is 0. The molecule has 0 N–H and O–H groups in total. The van der Waals surface area contributed by atoms with E-state index >= 15 is 0 Å². The number of ketones is 1. The molecule has 0 bridgehead atoms. The number of aryl methyl sites for hydroxylation is 1. The number of hydrogen-bond donors (Lipinski definition) is 0. The van der Waals surface area contributed by atoms with Gasteiger partial charge in [0.25, 0.3) is 11.6 Å². The molecule has 0 aliphatic carbocycles. The van der Waals surface area contributed by atoms with Crippen molar-refractivity contribution >= 4 is 5.78 Å². The van der Waals surface area contributed by atoms with Crippen LogP contribution in [0.25, 0.3) is 0 Å². The molecule has 0 aliphatic heterocycles. The first-order valence-corrected chi connectivity index (χ1v) is 5.92. The van der Waals surface area contributed by atoms with Gasteiger partial charge >= 0.3 is 0 Å². The lowest BCUT2D eigenvalue weighted by Gasteiger charge is -2.10. The van der Waals surface area contributed by atoms with Crippen LogP contribution in [0.4, 0.5) is 4.39 Å². The van der Waals surface area contributed by atoms with Crippen molar-refractivity contribution in [3.05, 3.63) is 57.8 Å². The molecule has 2 rings (SSSR count). The molecular weight excluding hydrogens is 263 g/mol. The second-order valence-electron chi connectivity index (χ2n) is 4.24. The summed E-state index contributed by atoms with van der Waals surface area (Å²) in [5.74, 6) is -0.896. The normalized spacial score (nSPS) is 10.3. The van der Waals surface area contributed by atoms with Crippen LogP contribution in [-0.4, -0.2) is 22.4 Å². The maximum atomic E-state index is 13.1. The number of ether oxygens (including phenoxy) is 1. The lowest BCUT2D eigenvalue weighted by Crippen LogP contribution is -2.26. The molecule has 1 heterocycles. The maximum Gasteiger partial charge on any atom is 0.299 e. The van der Waals surface area contributed by atoms with Crippen LogP contribution in [0.1, 0.15) is 16.1 Å². The van der Waals surface area contributed by atoms with Gasteiger partial charge in [-0.1, -0.05) is 12.1 Å². The van der Waals surface area contributed by atoms with E-state index in [0.717, 1.165) is 10.6 Å². The van der Waals surface area contributed by atoms with Crippen LogP contribution in [-0.2, 0) is 6.54 Å². The molecule has 0 saturated carbocycles. The molecule has 0 spiro atoms. The zero-order chi connectivity index (χ0) is 14.7. The van der Waals surface area contributed by atoms with Gasteiger partial charge in [-0.05, 0) is 19.1 Å². The summed E-state index contributed by atoms with van der Waals surface area (Å²) in [6.45, 7) is 1.40. The van der Waals surface area contributed by atoms with E-state index in [1.165, 1.54) is 31.4 Å². The highest BCUT2D eigenvalue weighted by Crippen LogP contribution is 2.09. The minimum atomic E-state index is -0.503. The van der Waals surface area contributed by atoms with Gasteiger partial charge in [0, 0.05) is 17.3 Å². The number of Topliss-reactive ketones (excluding diaryl/α,β-unsaturated/α-hetero) is 1. The SMILES string of the molecule is COc1nc(C)cc(=O)n1CC(=O)c1cccc(F)c1. The number of carbonyl (C=O) groups excluding carboxylic acids is 1. The Morgan fingerprint density at radius 3 is 2.80 bits per heavy atom. The summed E-state index contributed by atoms with van der Waals surface area (Å²) in [6, 6.07) is 6.67. The predicted molar refractivity (Wildman–Crippen MR) is 70.5 cm³/mol. The van der Waals surface area contributed by atoms with E-state index < -0.39 is 11.6 Å². The molecule has 0 unspecified atom stereocenters. The predicted octanol–water partition coefficient (Wildman–Crippen LogP) is 1.58. The first-order chi connectivity index (χ1) is 9.51. The van der Waals surface area contributed by atoms with Crippen LogP contribution in [0.3, 0.4) is 0 Å². The fourth-order valence-corrected chi connectivity index (χ4v) is 1.79. The highest BCUT2D eigenvalue weighted by molar-refractivity contribution is 5.95. The van der Waals surface area contributed by atoms with Crippen molar-refractivity contribution in [2.75, 3.05) is 7.11 Å². The molecule has 0 radical (unpaired) electrons. The second-order valence-corrected chi connectivity index (χ2v) is 4.24. The van der Waals surface area contributed by atoms with E-state index in [4.69, 9.17) is 4.74 Å². The molecule has 1 aromatic heterocycles. The van der Waals surface area contributed by atoms with Gasteiger partial charge < -0.3 is 4.74 Å². The zero-order valence-corrected chi connectivity index (χ0v) is 11.1. The number of benzene rings is 1. The second kappa shape index (κ2) is 5.64. The summed E-state index contributed by atoms with van der Waals surface area (Å²) in [7, 11) is 1.37. The van der Waals surface area contributed by atoms with E-state index in [0.29, 0.717) is 5.69 Å². The Bertz CT molecular complexity index is 710. The van der Waals surface area contributed by atoms with Crippen LogP contribution in [0, 0.1) is 12.7 Å². The molecule has 0 saturated heterocycles. The largest absolute Gasteiger partial charge is 0.468 e. The Kier molecular flexibility index (Phi) is 3.93. The first-order valence-electron chi connectivity index (χ1n) is 5.92. The summed E-state index contributed by atoms with van der Waals surface area (Å²) in [4.78, 5) is 28.0. The van der Waals surface area contributed by atoms with E-state index in [-0.39, 0.29) is 23.7 Å². The summed E-state index contributed by atoms with van der Waals surface area (Å²) < 4.78 is 19.2. The zero-order valence-electron chi connectivity index (χ0n) is 11.1. The third kappa shape index (κ3) is 2.90. The fourth-order valence-electron chi connectivity index (χ4n) is 1.79. The van der Waals surface area contributed by atoms with Crippen molar-refractivity contribution < 1.29 is 13.9 Å². The first kappa shape index (κ1) is 13.9. The van der Waals surface area contributed by atoms with Crippen molar-refractivity contribution in [1.82, 2.24) is 9.55 Å². The van der Waals surface area contributed by atoms with E-state index in [9.17, 15) is 14.0 Å². The van der Waals surface area contributed by atoms with Gasteiger partial charge in [0.2, 0.25) is 0 Å². The maximum absolute atomic E-state index is 13.1. The minimum absolute atomic E-state index is 0.0553. The lowest BCUT2D eigenvalue weighted by molar-refractivity contribution is 0.0965. The standard InChI is InChI=1S/C14H13FN2O3/c1-9-6-13(19)17(14(16-9)20-2)8-12(18)10-4-3-5-11(15)7-10/h3-7H,8H2,1-2H3. The molecule has 5 nitrogen and oxygen atoms in total. The van der Waals surface area contributed by atoms with E-state index in [1.54, 1.807) is 6.92 Å². The Morgan fingerprint density at radius 2 is 2.15 bits per heavy atom. The molecule has 2 aromatic rings. The third-order valence-corrected chi connectivity index (χ3v) is 2.73. The number of carbonyl (C=O) groups is 1. The van der Waals surface area contributed by atoms with Gasteiger partial charge in [0.1, 0.15) is 5.82 Å². The molecule has 1 aromatic carbocycles. The highest BCUT2D eigenvalue weighted by Gasteiger charge is 2.13. The molecular formula is C14H13FN2O3. The number of hydrogen-bond acceptors (Lipinski definition) is 4. The molecule has 20 heavy (non-hydrogen) atoms. The number of aromatic nitrogens is 2. The monoisotopic (exact) mass is 276 g/mol. The van der Waals surface area contributed by atoms with Gasteiger partial charge in [-0.3, -0.25) is 14.2 Å².